The minimum absolute atomic E-state index is 0.183. The second kappa shape index (κ2) is 5.17. The Labute approximate surface area is 106 Å². The van der Waals surface area contributed by atoms with Crippen molar-refractivity contribution in [3.63, 3.8) is 0 Å². The zero-order chi connectivity index (χ0) is 13.1. The van der Waals surface area contributed by atoms with Crippen molar-refractivity contribution in [2.75, 3.05) is 0 Å². The van der Waals surface area contributed by atoms with Gasteiger partial charge in [-0.15, -0.1) is 0 Å². The molecule has 0 bridgehead atoms. The Kier molecular flexibility index (Phi) is 4.98. The first-order valence-corrected chi connectivity index (χ1v) is 6.04. The van der Waals surface area contributed by atoms with Gasteiger partial charge in [0.25, 0.3) is 0 Å². The van der Waals surface area contributed by atoms with E-state index in [1.807, 2.05) is 20.8 Å². The summed E-state index contributed by atoms with van der Waals surface area (Å²) in [6.07, 6.45) is 0. The van der Waals surface area contributed by atoms with Gasteiger partial charge in [0.05, 0.1) is 4.32 Å². The highest BCUT2D eigenvalue weighted by atomic mass is 79.9. The predicted molar refractivity (Wildman–Crippen MR) is 68.5 cm³/mol. The normalized spacial score (nSPS) is 14.2. The molecule has 0 fully saturated rings. The number of carbonyl (C=O) groups is 2. The molecule has 5 heteroatoms. The molecule has 2 amide bonds. The third-order valence-corrected chi connectivity index (χ3v) is 2.14. The van der Waals surface area contributed by atoms with E-state index >= 15 is 0 Å². The van der Waals surface area contributed by atoms with Crippen LogP contribution in [0.3, 0.4) is 0 Å². The molecule has 94 valence electrons. The van der Waals surface area contributed by atoms with Gasteiger partial charge in [0.2, 0.25) is 11.8 Å². The molecule has 0 heterocycles. The molecule has 0 aliphatic rings. The van der Waals surface area contributed by atoms with Crippen molar-refractivity contribution in [2.45, 2.75) is 57.4 Å². The molecule has 0 aromatic rings. The topological polar surface area (TPSA) is 58.2 Å². The van der Waals surface area contributed by atoms with Gasteiger partial charge in [-0.25, -0.2) is 0 Å². The van der Waals surface area contributed by atoms with Gasteiger partial charge >= 0.3 is 0 Å². The van der Waals surface area contributed by atoms with E-state index in [2.05, 4.69) is 26.6 Å². The molecular weight excluding hydrogens is 272 g/mol. The maximum absolute atomic E-state index is 11.7. The highest BCUT2D eigenvalue weighted by Gasteiger charge is 2.27. The van der Waals surface area contributed by atoms with Crippen molar-refractivity contribution in [3.8, 4) is 0 Å². The zero-order valence-corrected chi connectivity index (χ0v) is 12.4. The minimum atomic E-state index is -0.663. The number of rotatable bonds is 3. The Morgan fingerprint density at radius 1 is 1.12 bits per heavy atom. The first-order valence-electron chi connectivity index (χ1n) is 5.25. The second-order valence-corrected chi connectivity index (χ2v) is 7.39. The van der Waals surface area contributed by atoms with Crippen LogP contribution in [0.25, 0.3) is 0 Å². The molecule has 16 heavy (non-hydrogen) atoms. The van der Waals surface area contributed by atoms with Crippen molar-refractivity contribution >= 4 is 27.7 Å². The minimum Gasteiger partial charge on any atom is -0.350 e. The summed E-state index contributed by atoms with van der Waals surface area (Å²) in [5.74, 6) is -0.387. The van der Waals surface area contributed by atoms with E-state index in [1.54, 1.807) is 20.8 Å². The number of alkyl halides is 1. The quantitative estimate of drug-likeness (QED) is 0.776. The molecule has 0 radical (unpaired) electrons. The van der Waals surface area contributed by atoms with E-state index < -0.39 is 10.4 Å². The summed E-state index contributed by atoms with van der Waals surface area (Å²) >= 11 is 3.24. The summed E-state index contributed by atoms with van der Waals surface area (Å²) in [4.78, 5) is 23.3. The van der Waals surface area contributed by atoms with Gasteiger partial charge in [0, 0.05) is 5.54 Å². The molecule has 2 N–H and O–H groups in total. The lowest BCUT2D eigenvalue weighted by Crippen LogP contribution is -2.53. The van der Waals surface area contributed by atoms with Gasteiger partial charge < -0.3 is 10.6 Å². The lowest BCUT2D eigenvalue weighted by Gasteiger charge is -2.25. The maximum atomic E-state index is 11.7. The molecule has 1 atom stereocenters. The van der Waals surface area contributed by atoms with Crippen LogP contribution in [0.5, 0.6) is 0 Å². The Bertz CT molecular complexity index is 277. The van der Waals surface area contributed by atoms with Crippen LogP contribution in [-0.4, -0.2) is 27.7 Å². The van der Waals surface area contributed by atoms with Crippen molar-refractivity contribution in [1.82, 2.24) is 10.6 Å². The number of carbonyl (C=O) groups excluding carboxylic acids is 2. The molecule has 0 saturated heterocycles. The molecule has 0 aromatic carbocycles. The Hall–Kier alpha value is -0.580. The van der Waals surface area contributed by atoms with Crippen LogP contribution in [0.2, 0.25) is 0 Å². The van der Waals surface area contributed by atoms with Gasteiger partial charge in [-0.3, -0.25) is 9.59 Å². The molecule has 0 rings (SSSR count). The summed E-state index contributed by atoms with van der Waals surface area (Å²) < 4.78 is -0.663. The molecular formula is C11H21BrN2O2. The summed E-state index contributed by atoms with van der Waals surface area (Å²) in [6.45, 7) is 10.8. The van der Waals surface area contributed by atoms with Crippen LogP contribution in [0.1, 0.15) is 41.5 Å². The fourth-order valence-electron chi connectivity index (χ4n) is 0.912. The highest BCUT2D eigenvalue weighted by Crippen LogP contribution is 2.15. The third kappa shape index (κ3) is 6.10. The van der Waals surface area contributed by atoms with Crippen molar-refractivity contribution < 1.29 is 9.59 Å². The fourth-order valence-corrected chi connectivity index (χ4v) is 1.03. The molecule has 4 nitrogen and oxygen atoms in total. The molecule has 1 unspecified atom stereocenters. The Morgan fingerprint density at radius 3 is 1.88 bits per heavy atom. The highest BCUT2D eigenvalue weighted by molar-refractivity contribution is 9.10. The number of halogens is 1. The lowest BCUT2D eigenvalue weighted by molar-refractivity contribution is -0.130. The number of hydrogen-bond donors (Lipinski definition) is 2. The summed E-state index contributed by atoms with van der Waals surface area (Å²) in [6, 6.07) is -0.538. The van der Waals surface area contributed by atoms with E-state index in [0.717, 1.165) is 0 Å². The van der Waals surface area contributed by atoms with Gasteiger partial charge in [0.15, 0.2) is 0 Å². The van der Waals surface area contributed by atoms with Gasteiger partial charge in [-0.1, -0.05) is 15.9 Å². The smallest absolute Gasteiger partial charge is 0.242 e. The fraction of sp³-hybridized carbons (Fsp3) is 0.818. The van der Waals surface area contributed by atoms with Crippen molar-refractivity contribution in [3.05, 3.63) is 0 Å². The van der Waals surface area contributed by atoms with Crippen LogP contribution >= 0.6 is 15.9 Å². The first kappa shape index (κ1) is 15.4. The van der Waals surface area contributed by atoms with Crippen LogP contribution in [-0.2, 0) is 9.59 Å². The molecule has 0 aliphatic heterocycles. The van der Waals surface area contributed by atoms with Gasteiger partial charge in [-0.05, 0) is 41.5 Å². The number of nitrogens with one attached hydrogen (secondary N) is 2. The summed E-state index contributed by atoms with van der Waals surface area (Å²) in [7, 11) is 0. The average Bonchev–Trinajstić information content (AvgIpc) is 1.98. The second-order valence-electron chi connectivity index (χ2n) is 5.41. The molecule has 0 aromatic heterocycles. The zero-order valence-electron chi connectivity index (χ0n) is 10.8. The van der Waals surface area contributed by atoms with E-state index in [4.69, 9.17) is 0 Å². The first-order chi connectivity index (χ1) is 6.93. The number of amides is 2. The molecule has 0 aliphatic carbocycles. The summed E-state index contributed by atoms with van der Waals surface area (Å²) in [5.41, 5.74) is -0.292. The maximum Gasteiger partial charge on any atom is 0.242 e. The van der Waals surface area contributed by atoms with E-state index in [-0.39, 0.29) is 17.4 Å². The van der Waals surface area contributed by atoms with E-state index in [1.165, 1.54) is 0 Å². The monoisotopic (exact) mass is 292 g/mol. The average molecular weight is 293 g/mol. The largest absolute Gasteiger partial charge is 0.350 e. The Balaban J connectivity index is 4.33. The van der Waals surface area contributed by atoms with Crippen LogP contribution in [0, 0.1) is 0 Å². The van der Waals surface area contributed by atoms with Crippen LogP contribution in [0.15, 0.2) is 0 Å². The SMILES string of the molecule is CC(NC(=O)C(C)(C)Br)C(=O)NC(C)(C)C. The standard InChI is InChI=1S/C11H21BrN2O2/c1-7(8(15)14-10(2,3)4)13-9(16)11(5,6)12/h7H,1-6H3,(H,13,16)(H,14,15). The van der Waals surface area contributed by atoms with E-state index in [9.17, 15) is 9.59 Å². The van der Waals surface area contributed by atoms with Gasteiger partial charge in [-0.2, -0.15) is 0 Å². The van der Waals surface area contributed by atoms with Crippen molar-refractivity contribution in [2.24, 2.45) is 0 Å². The van der Waals surface area contributed by atoms with Crippen LogP contribution < -0.4 is 10.6 Å². The van der Waals surface area contributed by atoms with Crippen molar-refractivity contribution in [1.29, 1.82) is 0 Å². The van der Waals surface area contributed by atoms with Gasteiger partial charge in [0.1, 0.15) is 6.04 Å². The predicted octanol–water partition coefficient (Wildman–Crippen LogP) is 1.58. The summed E-state index contributed by atoms with van der Waals surface area (Å²) in [5, 5.41) is 5.45. The van der Waals surface area contributed by atoms with E-state index in [0.29, 0.717) is 0 Å². The molecule has 0 spiro atoms. The number of hydrogen-bond acceptors (Lipinski definition) is 2. The lowest BCUT2D eigenvalue weighted by atomic mass is 10.1. The molecule has 0 saturated carbocycles. The Morgan fingerprint density at radius 2 is 1.56 bits per heavy atom. The third-order valence-electron chi connectivity index (χ3n) is 1.78. The van der Waals surface area contributed by atoms with Crippen LogP contribution in [0.4, 0.5) is 0 Å².